The monoisotopic (exact) mass is 304 g/mol. The summed E-state index contributed by atoms with van der Waals surface area (Å²) < 4.78 is 4.94. The van der Waals surface area contributed by atoms with Crippen molar-refractivity contribution in [1.82, 2.24) is 19.5 Å². The quantitative estimate of drug-likeness (QED) is 0.746. The van der Waals surface area contributed by atoms with Gasteiger partial charge in [0, 0.05) is 7.05 Å². The molecule has 0 N–H and O–H groups in total. The highest BCUT2D eigenvalue weighted by molar-refractivity contribution is 7.18. The number of aryl methyl sites for hydroxylation is 1. The highest BCUT2D eigenvalue weighted by Gasteiger charge is 2.18. The minimum Gasteiger partial charge on any atom is -0.334 e. The van der Waals surface area contributed by atoms with Gasteiger partial charge in [-0.25, -0.2) is 4.98 Å². The van der Waals surface area contributed by atoms with Crippen molar-refractivity contribution in [2.75, 3.05) is 7.05 Å². The fourth-order valence-electron chi connectivity index (χ4n) is 1.86. The molecule has 2 aromatic heterocycles. The van der Waals surface area contributed by atoms with Crippen LogP contribution in [-0.2, 0) is 6.54 Å². The lowest BCUT2D eigenvalue weighted by Crippen LogP contribution is -2.25. The molecule has 0 atom stereocenters. The molecule has 20 heavy (non-hydrogen) atoms. The Kier molecular flexibility index (Phi) is 3.45. The molecule has 5 nitrogen and oxygen atoms in total. The standard InChI is InChI=1S/C13H12N4OS2/c1-8-12(20-16-15-8)13(18)17(2)7-11-14-9-5-3-4-6-10(9)19-11/h3-6H,7H2,1-2H3. The van der Waals surface area contributed by atoms with Gasteiger partial charge >= 0.3 is 0 Å². The molecule has 2 heterocycles. The normalized spacial score (nSPS) is 10.9. The number of nitrogens with zero attached hydrogens (tertiary/aromatic N) is 4. The minimum atomic E-state index is -0.0586. The molecule has 0 bridgehead atoms. The summed E-state index contributed by atoms with van der Waals surface area (Å²) in [5.74, 6) is -0.0586. The van der Waals surface area contributed by atoms with Crippen molar-refractivity contribution in [3.05, 3.63) is 39.8 Å². The van der Waals surface area contributed by atoms with Crippen molar-refractivity contribution in [3.63, 3.8) is 0 Å². The first-order valence-electron chi connectivity index (χ1n) is 6.04. The Morgan fingerprint density at radius 2 is 2.15 bits per heavy atom. The fraction of sp³-hybridized carbons (Fsp3) is 0.231. The van der Waals surface area contributed by atoms with E-state index in [1.54, 1.807) is 30.2 Å². The largest absolute Gasteiger partial charge is 0.334 e. The number of hydrogen-bond acceptors (Lipinski definition) is 6. The number of carbonyl (C=O) groups excluding carboxylic acids is 1. The number of amides is 1. The smallest absolute Gasteiger partial charge is 0.267 e. The molecule has 0 aliphatic rings. The van der Waals surface area contributed by atoms with Crippen LogP contribution in [0.15, 0.2) is 24.3 Å². The number of carbonyl (C=O) groups is 1. The van der Waals surface area contributed by atoms with E-state index in [9.17, 15) is 4.79 Å². The number of hydrogen-bond donors (Lipinski definition) is 0. The van der Waals surface area contributed by atoms with Crippen LogP contribution in [0.5, 0.6) is 0 Å². The van der Waals surface area contributed by atoms with E-state index >= 15 is 0 Å². The van der Waals surface area contributed by atoms with Gasteiger partial charge < -0.3 is 4.90 Å². The van der Waals surface area contributed by atoms with E-state index in [1.807, 2.05) is 24.3 Å². The van der Waals surface area contributed by atoms with Crippen LogP contribution in [0.3, 0.4) is 0 Å². The van der Waals surface area contributed by atoms with Gasteiger partial charge in [0.05, 0.1) is 22.5 Å². The van der Waals surface area contributed by atoms with Gasteiger partial charge in [0.1, 0.15) is 9.88 Å². The van der Waals surface area contributed by atoms with Crippen LogP contribution in [0.25, 0.3) is 10.2 Å². The van der Waals surface area contributed by atoms with Gasteiger partial charge in [-0.3, -0.25) is 4.79 Å². The third-order valence-corrected chi connectivity index (χ3v) is 4.74. The maximum Gasteiger partial charge on any atom is 0.267 e. The number of aromatic nitrogens is 3. The van der Waals surface area contributed by atoms with Gasteiger partial charge in [-0.15, -0.1) is 16.4 Å². The summed E-state index contributed by atoms with van der Waals surface area (Å²) in [4.78, 5) is 19.1. The van der Waals surface area contributed by atoms with E-state index in [0.717, 1.165) is 26.8 Å². The Morgan fingerprint density at radius 1 is 1.35 bits per heavy atom. The van der Waals surface area contributed by atoms with Gasteiger partial charge in [-0.05, 0) is 30.6 Å². The summed E-state index contributed by atoms with van der Waals surface area (Å²) in [6.45, 7) is 2.29. The molecule has 0 saturated heterocycles. The SMILES string of the molecule is Cc1nnsc1C(=O)N(C)Cc1nc2ccccc2s1. The number of fused-ring (bicyclic) bond motifs is 1. The molecular weight excluding hydrogens is 292 g/mol. The minimum absolute atomic E-state index is 0.0586. The molecule has 102 valence electrons. The van der Waals surface area contributed by atoms with Crippen LogP contribution in [0.2, 0.25) is 0 Å². The van der Waals surface area contributed by atoms with Gasteiger partial charge in [-0.1, -0.05) is 16.6 Å². The van der Waals surface area contributed by atoms with E-state index < -0.39 is 0 Å². The summed E-state index contributed by atoms with van der Waals surface area (Å²) >= 11 is 2.74. The summed E-state index contributed by atoms with van der Waals surface area (Å²) in [5, 5.41) is 4.80. The van der Waals surface area contributed by atoms with E-state index in [4.69, 9.17) is 0 Å². The Balaban J connectivity index is 1.80. The predicted molar refractivity (Wildman–Crippen MR) is 80.1 cm³/mol. The Bertz CT molecular complexity index is 731. The second-order valence-corrected chi connectivity index (χ2v) is 6.29. The first kappa shape index (κ1) is 13.1. The molecule has 1 amide bonds. The zero-order chi connectivity index (χ0) is 14.1. The zero-order valence-corrected chi connectivity index (χ0v) is 12.7. The van der Waals surface area contributed by atoms with Gasteiger partial charge in [-0.2, -0.15) is 0 Å². The number of thiazole rings is 1. The predicted octanol–water partition coefficient (Wildman–Crippen LogP) is 2.73. The molecule has 1 aromatic carbocycles. The zero-order valence-electron chi connectivity index (χ0n) is 11.0. The summed E-state index contributed by atoms with van der Waals surface area (Å²) in [6.07, 6.45) is 0. The first-order valence-corrected chi connectivity index (χ1v) is 7.63. The summed E-state index contributed by atoms with van der Waals surface area (Å²) in [5.41, 5.74) is 1.65. The fourth-order valence-corrected chi connectivity index (χ4v) is 3.54. The summed E-state index contributed by atoms with van der Waals surface area (Å²) in [7, 11) is 1.77. The lowest BCUT2D eigenvalue weighted by molar-refractivity contribution is 0.0789. The molecule has 0 unspecified atom stereocenters. The molecule has 3 rings (SSSR count). The third-order valence-electron chi connectivity index (χ3n) is 2.90. The van der Waals surface area contributed by atoms with Crippen LogP contribution in [0.1, 0.15) is 20.4 Å². The van der Waals surface area contributed by atoms with Crippen molar-refractivity contribution >= 4 is 39.0 Å². The highest BCUT2D eigenvalue weighted by atomic mass is 32.1. The Labute approximate surface area is 124 Å². The molecule has 0 fully saturated rings. The van der Waals surface area contributed by atoms with Gasteiger partial charge in [0.15, 0.2) is 0 Å². The first-order chi connectivity index (χ1) is 9.65. The maximum atomic E-state index is 12.3. The lowest BCUT2D eigenvalue weighted by atomic mass is 10.3. The van der Waals surface area contributed by atoms with E-state index in [2.05, 4.69) is 14.6 Å². The van der Waals surface area contributed by atoms with Gasteiger partial charge in [0.25, 0.3) is 5.91 Å². The van der Waals surface area contributed by atoms with Crippen LogP contribution >= 0.6 is 22.9 Å². The van der Waals surface area contributed by atoms with Crippen molar-refractivity contribution in [3.8, 4) is 0 Å². The van der Waals surface area contributed by atoms with E-state index in [1.165, 1.54) is 0 Å². The number of benzene rings is 1. The Hall–Kier alpha value is -1.86. The molecule has 0 radical (unpaired) electrons. The average molecular weight is 304 g/mol. The van der Waals surface area contributed by atoms with Crippen molar-refractivity contribution in [2.45, 2.75) is 13.5 Å². The number of para-hydroxylation sites is 1. The van der Waals surface area contributed by atoms with E-state index in [-0.39, 0.29) is 5.91 Å². The summed E-state index contributed by atoms with van der Waals surface area (Å²) in [6, 6.07) is 7.97. The molecular formula is C13H12N4OS2. The van der Waals surface area contributed by atoms with Crippen LogP contribution in [0, 0.1) is 6.92 Å². The molecule has 0 aliphatic carbocycles. The van der Waals surface area contributed by atoms with Gasteiger partial charge in [0.2, 0.25) is 0 Å². The Morgan fingerprint density at radius 3 is 2.85 bits per heavy atom. The highest BCUT2D eigenvalue weighted by Crippen LogP contribution is 2.23. The number of rotatable bonds is 3. The molecule has 3 aromatic rings. The lowest BCUT2D eigenvalue weighted by Gasteiger charge is -2.14. The second kappa shape index (κ2) is 5.26. The average Bonchev–Trinajstić information content (AvgIpc) is 3.03. The van der Waals surface area contributed by atoms with Crippen molar-refractivity contribution in [1.29, 1.82) is 0 Å². The van der Waals surface area contributed by atoms with E-state index in [0.29, 0.717) is 17.1 Å². The second-order valence-electron chi connectivity index (χ2n) is 4.42. The van der Waals surface area contributed by atoms with Crippen molar-refractivity contribution in [2.24, 2.45) is 0 Å². The molecule has 0 spiro atoms. The molecule has 7 heteroatoms. The molecule has 0 saturated carbocycles. The maximum absolute atomic E-state index is 12.3. The third kappa shape index (κ3) is 2.41. The van der Waals surface area contributed by atoms with Crippen LogP contribution in [-0.4, -0.2) is 32.4 Å². The van der Waals surface area contributed by atoms with Crippen LogP contribution in [0.4, 0.5) is 0 Å². The topological polar surface area (TPSA) is 59.0 Å². The van der Waals surface area contributed by atoms with Crippen LogP contribution < -0.4 is 0 Å². The molecule has 0 aliphatic heterocycles. The van der Waals surface area contributed by atoms with Crippen molar-refractivity contribution < 1.29 is 4.79 Å².